The number of halogens is 5. The Bertz CT molecular complexity index is 1480. The normalized spacial score (nSPS) is 13.6. The molecule has 0 atom stereocenters. The first kappa shape index (κ1) is 24.2. The standard InChI is InChI=1S/C25H19ClF4N4O2/c26-17-5-1-14(2-6-17)9-22-32-24(33-36-22)19-13-34(21-7-8-31-11-18(21)23(19)35)12-15-3-4-16(10-20(15)27)25(28,29)30/h1-6,10,13,31H,7-9,11-12H2. The number of hydrogen-bond acceptors (Lipinski definition) is 5. The average Bonchev–Trinajstić information content (AvgIpc) is 3.31. The van der Waals surface area contributed by atoms with Crippen LogP contribution in [0, 0.1) is 5.82 Å². The Labute approximate surface area is 207 Å². The average molecular weight is 519 g/mol. The molecule has 0 bridgehead atoms. The topological polar surface area (TPSA) is 73.0 Å². The zero-order valence-corrected chi connectivity index (χ0v) is 19.5. The second-order valence-corrected chi connectivity index (χ2v) is 8.91. The summed E-state index contributed by atoms with van der Waals surface area (Å²) in [7, 11) is 0. The molecule has 1 aliphatic rings. The van der Waals surface area contributed by atoms with E-state index >= 15 is 0 Å². The molecule has 5 rings (SSSR count). The largest absolute Gasteiger partial charge is 0.416 e. The molecule has 1 aliphatic heterocycles. The third-order valence-electron chi connectivity index (χ3n) is 6.04. The Balaban J connectivity index is 1.51. The number of nitrogens with one attached hydrogen (secondary N) is 1. The molecule has 0 spiro atoms. The Morgan fingerprint density at radius 2 is 1.92 bits per heavy atom. The second-order valence-electron chi connectivity index (χ2n) is 8.47. The molecule has 0 radical (unpaired) electrons. The van der Waals surface area contributed by atoms with Gasteiger partial charge in [-0.3, -0.25) is 4.79 Å². The van der Waals surface area contributed by atoms with Gasteiger partial charge < -0.3 is 14.4 Å². The molecule has 11 heteroatoms. The number of fused-ring (bicyclic) bond motifs is 1. The molecule has 3 heterocycles. The lowest BCUT2D eigenvalue weighted by Crippen LogP contribution is -2.33. The summed E-state index contributed by atoms with van der Waals surface area (Å²) in [6.07, 6.45) is -2.29. The van der Waals surface area contributed by atoms with E-state index in [1.807, 2.05) is 12.1 Å². The minimum Gasteiger partial charge on any atom is -0.346 e. The Morgan fingerprint density at radius 3 is 2.64 bits per heavy atom. The Morgan fingerprint density at radius 1 is 1.14 bits per heavy atom. The lowest BCUT2D eigenvalue weighted by molar-refractivity contribution is -0.137. The summed E-state index contributed by atoms with van der Waals surface area (Å²) in [4.78, 5) is 17.6. The van der Waals surface area contributed by atoms with Gasteiger partial charge in [0.15, 0.2) is 5.43 Å². The highest BCUT2D eigenvalue weighted by molar-refractivity contribution is 6.30. The number of benzene rings is 2. The highest BCUT2D eigenvalue weighted by Gasteiger charge is 2.31. The third-order valence-corrected chi connectivity index (χ3v) is 6.29. The minimum absolute atomic E-state index is 0.0604. The first-order valence-electron chi connectivity index (χ1n) is 11.1. The number of aromatic nitrogens is 3. The van der Waals surface area contributed by atoms with E-state index in [4.69, 9.17) is 16.1 Å². The van der Waals surface area contributed by atoms with Crippen LogP contribution in [-0.4, -0.2) is 21.3 Å². The molecular weight excluding hydrogens is 500 g/mol. The van der Waals surface area contributed by atoms with Gasteiger partial charge in [-0.05, 0) is 29.8 Å². The quantitative estimate of drug-likeness (QED) is 0.377. The summed E-state index contributed by atoms with van der Waals surface area (Å²) in [5.41, 5.74) is 0.947. The van der Waals surface area contributed by atoms with E-state index < -0.39 is 17.6 Å². The van der Waals surface area contributed by atoms with E-state index in [0.29, 0.717) is 54.2 Å². The van der Waals surface area contributed by atoms with Crippen molar-refractivity contribution in [1.29, 1.82) is 0 Å². The predicted molar refractivity (Wildman–Crippen MR) is 124 cm³/mol. The summed E-state index contributed by atoms with van der Waals surface area (Å²) in [6, 6.07) is 9.56. The van der Waals surface area contributed by atoms with Gasteiger partial charge in [0.2, 0.25) is 11.7 Å². The fourth-order valence-electron chi connectivity index (χ4n) is 4.21. The molecule has 0 fully saturated rings. The van der Waals surface area contributed by atoms with Gasteiger partial charge in [-0.1, -0.05) is 35.0 Å². The van der Waals surface area contributed by atoms with E-state index in [2.05, 4.69) is 15.5 Å². The van der Waals surface area contributed by atoms with Crippen molar-refractivity contribution >= 4 is 11.6 Å². The van der Waals surface area contributed by atoms with E-state index in [-0.39, 0.29) is 28.9 Å². The van der Waals surface area contributed by atoms with Gasteiger partial charge in [0, 0.05) is 47.6 Å². The zero-order chi connectivity index (χ0) is 25.4. The smallest absolute Gasteiger partial charge is 0.346 e. The van der Waals surface area contributed by atoms with Crippen molar-refractivity contribution in [3.05, 3.63) is 104 Å². The SMILES string of the molecule is O=c1c(-c2noc(Cc3ccc(Cl)cc3)n2)cn(Cc2ccc(C(F)(F)F)cc2F)c2c1CNCC2. The van der Waals surface area contributed by atoms with Crippen LogP contribution in [0.1, 0.15) is 33.8 Å². The van der Waals surface area contributed by atoms with E-state index in [1.54, 1.807) is 16.7 Å². The van der Waals surface area contributed by atoms with Gasteiger partial charge in [-0.25, -0.2) is 4.39 Å². The molecule has 0 saturated carbocycles. The van der Waals surface area contributed by atoms with Crippen LogP contribution in [0.5, 0.6) is 0 Å². The van der Waals surface area contributed by atoms with Crippen LogP contribution in [0.4, 0.5) is 17.6 Å². The van der Waals surface area contributed by atoms with Crippen LogP contribution >= 0.6 is 11.6 Å². The van der Waals surface area contributed by atoms with Gasteiger partial charge >= 0.3 is 6.18 Å². The first-order valence-corrected chi connectivity index (χ1v) is 11.5. The fourth-order valence-corrected chi connectivity index (χ4v) is 4.33. The summed E-state index contributed by atoms with van der Waals surface area (Å²) in [5.74, 6) is -0.598. The Hall–Kier alpha value is -3.50. The van der Waals surface area contributed by atoms with Crippen LogP contribution in [0.2, 0.25) is 5.02 Å². The van der Waals surface area contributed by atoms with Crippen molar-refractivity contribution in [2.75, 3.05) is 6.54 Å². The maximum absolute atomic E-state index is 14.6. The van der Waals surface area contributed by atoms with Crippen molar-refractivity contribution in [3.8, 4) is 11.4 Å². The van der Waals surface area contributed by atoms with Gasteiger partial charge in [0.05, 0.1) is 24.1 Å². The minimum atomic E-state index is -4.64. The summed E-state index contributed by atoms with van der Waals surface area (Å²) >= 11 is 5.92. The summed E-state index contributed by atoms with van der Waals surface area (Å²) in [5, 5.41) is 7.71. The fraction of sp³-hybridized carbons (Fsp3) is 0.240. The number of pyridine rings is 1. The zero-order valence-electron chi connectivity index (χ0n) is 18.7. The predicted octanol–water partition coefficient (Wildman–Crippen LogP) is 4.99. The first-order chi connectivity index (χ1) is 17.2. The molecule has 6 nitrogen and oxygen atoms in total. The van der Waals surface area contributed by atoms with Crippen molar-refractivity contribution in [3.63, 3.8) is 0 Å². The van der Waals surface area contributed by atoms with Crippen LogP contribution < -0.4 is 10.7 Å². The number of nitrogens with zero attached hydrogens (tertiary/aromatic N) is 3. The molecule has 2 aromatic carbocycles. The van der Waals surface area contributed by atoms with Crippen LogP contribution in [0.15, 0.2) is 58.0 Å². The third kappa shape index (κ3) is 4.91. The van der Waals surface area contributed by atoms with Crippen molar-refractivity contribution < 1.29 is 22.1 Å². The van der Waals surface area contributed by atoms with Crippen LogP contribution in [0.3, 0.4) is 0 Å². The van der Waals surface area contributed by atoms with E-state index in [1.165, 1.54) is 6.20 Å². The maximum Gasteiger partial charge on any atom is 0.416 e. The molecule has 0 unspecified atom stereocenters. The van der Waals surface area contributed by atoms with Crippen LogP contribution in [-0.2, 0) is 32.1 Å². The molecule has 0 amide bonds. The lowest BCUT2D eigenvalue weighted by Gasteiger charge is -2.23. The van der Waals surface area contributed by atoms with E-state index in [9.17, 15) is 22.4 Å². The molecular formula is C25H19ClF4N4O2. The molecule has 1 N–H and O–H groups in total. The highest BCUT2D eigenvalue weighted by Crippen LogP contribution is 2.30. The van der Waals surface area contributed by atoms with Gasteiger partial charge in [0.25, 0.3) is 0 Å². The number of hydrogen-bond donors (Lipinski definition) is 1. The van der Waals surface area contributed by atoms with Crippen LogP contribution in [0.25, 0.3) is 11.4 Å². The van der Waals surface area contributed by atoms with Crippen molar-refractivity contribution in [2.24, 2.45) is 0 Å². The molecule has 0 aliphatic carbocycles. The summed E-state index contributed by atoms with van der Waals surface area (Å²) in [6.45, 7) is 0.844. The maximum atomic E-state index is 14.6. The van der Waals surface area contributed by atoms with Crippen molar-refractivity contribution in [2.45, 2.75) is 32.1 Å². The summed E-state index contributed by atoms with van der Waals surface area (Å²) < 4.78 is 60.5. The molecule has 2 aromatic heterocycles. The lowest BCUT2D eigenvalue weighted by atomic mass is 10.0. The van der Waals surface area contributed by atoms with Gasteiger partial charge in [-0.15, -0.1) is 0 Å². The highest BCUT2D eigenvalue weighted by atomic mass is 35.5. The Kier molecular flexibility index (Phi) is 6.40. The number of alkyl halides is 3. The molecule has 36 heavy (non-hydrogen) atoms. The van der Waals surface area contributed by atoms with E-state index in [0.717, 1.165) is 17.7 Å². The number of rotatable bonds is 5. The molecule has 186 valence electrons. The molecule has 4 aromatic rings. The second kappa shape index (κ2) is 9.51. The van der Waals surface area contributed by atoms with Gasteiger partial charge in [0.1, 0.15) is 5.82 Å². The van der Waals surface area contributed by atoms with Gasteiger partial charge in [-0.2, -0.15) is 18.2 Å². The molecule has 0 saturated heterocycles. The van der Waals surface area contributed by atoms with Crippen molar-refractivity contribution in [1.82, 2.24) is 20.0 Å². The monoisotopic (exact) mass is 518 g/mol.